The van der Waals surface area contributed by atoms with Crippen LogP contribution in [0.5, 0.6) is 5.75 Å². The minimum atomic E-state index is -0.192. The molecule has 170 valence electrons. The van der Waals surface area contributed by atoms with Gasteiger partial charge in [0.1, 0.15) is 28.3 Å². The summed E-state index contributed by atoms with van der Waals surface area (Å²) in [6.45, 7) is 0. The second kappa shape index (κ2) is 8.53. The van der Waals surface area contributed by atoms with Crippen molar-refractivity contribution in [1.82, 2.24) is 24.5 Å². The monoisotopic (exact) mass is 468 g/mol. The number of benzene rings is 1. The molecule has 7 nitrogen and oxygen atoms in total. The predicted molar refractivity (Wildman–Crippen MR) is 134 cm³/mol. The molecular weight excluding hydrogens is 444 g/mol. The number of nitrogens with one attached hydrogen (secondary N) is 1. The van der Waals surface area contributed by atoms with Crippen LogP contribution in [0, 0.1) is 0 Å². The van der Waals surface area contributed by atoms with Crippen molar-refractivity contribution in [2.24, 2.45) is 7.05 Å². The van der Waals surface area contributed by atoms with Gasteiger partial charge < -0.3 is 14.6 Å². The third-order valence-corrected chi connectivity index (χ3v) is 7.52. The Morgan fingerprint density at radius 1 is 1.09 bits per heavy atom. The van der Waals surface area contributed by atoms with E-state index in [1.54, 1.807) is 24.6 Å². The minimum absolute atomic E-state index is 0.192. The van der Waals surface area contributed by atoms with Crippen molar-refractivity contribution in [3.63, 3.8) is 0 Å². The first-order chi connectivity index (χ1) is 16.7. The number of imidazole rings is 1. The average molecular weight is 469 g/mol. The molecule has 0 saturated carbocycles. The Balaban J connectivity index is 1.52. The van der Waals surface area contributed by atoms with Crippen molar-refractivity contribution in [3.05, 3.63) is 83.0 Å². The molecule has 0 fully saturated rings. The molecule has 1 aliphatic rings. The van der Waals surface area contributed by atoms with Gasteiger partial charge in [-0.2, -0.15) is 0 Å². The summed E-state index contributed by atoms with van der Waals surface area (Å²) in [5.74, 6) is 3.25. The normalized spacial score (nSPS) is 13.7. The first-order valence-electron chi connectivity index (χ1n) is 11.3. The highest BCUT2D eigenvalue weighted by molar-refractivity contribution is 7.19. The molecule has 4 aromatic heterocycles. The summed E-state index contributed by atoms with van der Waals surface area (Å²) in [7, 11) is 3.69. The van der Waals surface area contributed by atoms with Crippen LogP contribution in [-0.2, 0) is 19.9 Å². The second-order valence-electron chi connectivity index (χ2n) is 8.42. The van der Waals surface area contributed by atoms with E-state index in [2.05, 4.69) is 27.4 Å². The molecule has 0 radical (unpaired) electrons. The number of hydrogen-bond acceptors (Lipinski definition) is 7. The number of hydrogen-bond donors (Lipinski definition) is 1. The number of thiophene rings is 1. The summed E-state index contributed by atoms with van der Waals surface area (Å²) in [6.07, 6.45) is 10.7. The maximum Gasteiger partial charge on any atom is 0.164 e. The van der Waals surface area contributed by atoms with E-state index in [0.717, 1.165) is 51.6 Å². The van der Waals surface area contributed by atoms with Crippen molar-refractivity contribution >= 4 is 27.4 Å². The maximum atomic E-state index is 5.38. The molecule has 4 heterocycles. The fourth-order valence-electron chi connectivity index (χ4n) is 4.61. The van der Waals surface area contributed by atoms with Crippen molar-refractivity contribution in [2.75, 3.05) is 12.4 Å². The maximum absolute atomic E-state index is 5.38. The van der Waals surface area contributed by atoms with Crippen LogP contribution in [-0.4, -0.2) is 31.6 Å². The molecule has 0 aliphatic heterocycles. The van der Waals surface area contributed by atoms with Gasteiger partial charge in [-0.3, -0.25) is 4.98 Å². The topological polar surface area (TPSA) is 77.8 Å². The van der Waals surface area contributed by atoms with Gasteiger partial charge >= 0.3 is 0 Å². The highest BCUT2D eigenvalue weighted by Crippen LogP contribution is 2.41. The van der Waals surface area contributed by atoms with Gasteiger partial charge in [0.15, 0.2) is 5.82 Å². The molecule has 0 saturated heterocycles. The summed E-state index contributed by atoms with van der Waals surface area (Å²) in [4.78, 5) is 21.4. The fourth-order valence-corrected chi connectivity index (χ4v) is 5.87. The van der Waals surface area contributed by atoms with E-state index < -0.39 is 0 Å². The van der Waals surface area contributed by atoms with E-state index in [0.29, 0.717) is 5.82 Å². The number of anilines is 1. The molecule has 1 N–H and O–H groups in total. The van der Waals surface area contributed by atoms with Crippen molar-refractivity contribution < 1.29 is 4.74 Å². The molecule has 0 amide bonds. The standard InChI is InChI=1S/C26H24N6OS/c1-32-14-13-28-25(32)22(16-8-10-18(33-2)11-9-16)29-24-21-19-6-3-7-20(19)34-26(21)31-23(30-24)17-5-4-12-27-15-17/h4-5,8-15,22H,3,6-7H2,1-2H3,(H,29,30,31). The van der Waals surface area contributed by atoms with Gasteiger partial charge in [-0.05, 0) is 54.7 Å². The smallest absolute Gasteiger partial charge is 0.164 e. The molecule has 6 rings (SSSR count). The van der Waals surface area contributed by atoms with E-state index in [-0.39, 0.29) is 6.04 Å². The Morgan fingerprint density at radius 2 is 1.97 bits per heavy atom. The first-order valence-corrected chi connectivity index (χ1v) is 12.1. The Morgan fingerprint density at radius 3 is 2.71 bits per heavy atom. The lowest BCUT2D eigenvalue weighted by Crippen LogP contribution is -2.18. The summed E-state index contributed by atoms with van der Waals surface area (Å²) in [5.41, 5.74) is 3.37. The van der Waals surface area contributed by atoms with Crippen LogP contribution < -0.4 is 10.1 Å². The van der Waals surface area contributed by atoms with E-state index in [1.807, 2.05) is 54.5 Å². The van der Waals surface area contributed by atoms with E-state index >= 15 is 0 Å². The lowest BCUT2D eigenvalue weighted by atomic mass is 10.1. The highest BCUT2D eigenvalue weighted by Gasteiger charge is 2.26. The molecule has 34 heavy (non-hydrogen) atoms. The predicted octanol–water partition coefficient (Wildman–Crippen LogP) is 5.19. The zero-order valence-corrected chi connectivity index (χ0v) is 19.8. The van der Waals surface area contributed by atoms with Crippen LogP contribution in [0.25, 0.3) is 21.6 Å². The highest BCUT2D eigenvalue weighted by atomic mass is 32.1. The van der Waals surface area contributed by atoms with Crippen LogP contribution in [0.2, 0.25) is 0 Å². The third kappa shape index (κ3) is 3.60. The van der Waals surface area contributed by atoms with E-state index in [9.17, 15) is 0 Å². The zero-order chi connectivity index (χ0) is 23.1. The fraction of sp³-hybridized carbons (Fsp3) is 0.231. The van der Waals surface area contributed by atoms with Crippen LogP contribution in [0.1, 0.15) is 34.3 Å². The van der Waals surface area contributed by atoms with Gasteiger partial charge in [0.25, 0.3) is 0 Å². The first kappa shape index (κ1) is 20.8. The van der Waals surface area contributed by atoms with Gasteiger partial charge in [-0.25, -0.2) is 15.0 Å². The number of fused-ring (bicyclic) bond motifs is 3. The molecular formula is C26H24N6OS. The molecule has 0 spiro atoms. The largest absolute Gasteiger partial charge is 0.497 e. The molecule has 8 heteroatoms. The van der Waals surface area contributed by atoms with E-state index in [1.165, 1.54) is 16.9 Å². The minimum Gasteiger partial charge on any atom is -0.497 e. The van der Waals surface area contributed by atoms with Crippen molar-refractivity contribution in [3.8, 4) is 17.1 Å². The summed E-state index contributed by atoms with van der Waals surface area (Å²) in [6, 6.07) is 11.8. The number of pyridine rings is 1. The molecule has 1 aliphatic carbocycles. The number of nitrogens with zero attached hydrogens (tertiary/aromatic N) is 5. The summed E-state index contributed by atoms with van der Waals surface area (Å²) in [5, 5.41) is 4.89. The molecule has 1 aromatic carbocycles. The number of aromatic nitrogens is 5. The Hall–Kier alpha value is -3.78. The summed E-state index contributed by atoms with van der Waals surface area (Å²) < 4.78 is 7.42. The van der Waals surface area contributed by atoms with Gasteiger partial charge in [0.2, 0.25) is 0 Å². The van der Waals surface area contributed by atoms with Gasteiger partial charge in [0, 0.05) is 42.3 Å². The average Bonchev–Trinajstić information content (AvgIpc) is 3.59. The van der Waals surface area contributed by atoms with Crippen LogP contribution >= 0.6 is 11.3 Å². The number of ether oxygens (including phenoxy) is 1. The molecule has 0 bridgehead atoms. The van der Waals surface area contributed by atoms with Crippen molar-refractivity contribution in [2.45, 2.75) is 25.3 Å². The number of methoxy groups -OCH3 is 1. The lowest BCUT2D eigenvalue weighted by molar-refractivity contribution is 0.414. The second-order valence-corrected chi connectivity index (χ2v) is 9.51. The SMILES string of the molecule is COc1ccc(C(Nc2nc(-c3cccnc3)nc3sc4c(c23)CCC4)c2nccn2C)cc1. The van der Waals surface area contributed by atoms with E-state index in [4.69, 9.17) is 14.7 Å². The van der Waals surface area contributed by atoms with Crippen LogP contribution in [0.3, 0.4) is 0 Å². The molecule has 1 atom stereocenters. The zero-order valence-electron chi connectivity index (χ0n) is 19.0. The Kier molecular flexibility index (Phi) is 5.22. The summed E-state index contributed by atoms with van der Waals surface area (Å²) >= 11 is 1.79. The Bertz CT molecular complexity index is 1460. The third-order valence-electron chi connectivity index (χ3n) is 6.33. The lowest BCUT2D eigenvalue weighted by Gasteiger charge is -2.21. The number of rotatable bonds is 6. The van der Waals surface area contributed by atoms with Gasteiger partial charge in [0.05, 0.1) is 12.5 Å². The quantitative estimate of drug-likeness (QED) is 0.370. The molecule has 1 unspecified atom stereocenters. The van der Waals surface area contributed by atoms with Crippen LogP contribution in [0.4, 0.5) is 5.82 Å². The van der Waals surface area contributed by atoms with Gasteiger partial charge in [-0.15, -0.1) is 11.3 Å². The van der Waals surface area contributed by atoms with Crippen molar-refractivity contribution in [1.29, 1.82) is 0 Å². The van der Waals surface area contributed by atoms with Crippen LogP contribution in [0.15, 0.2) is 61.2 Å². The van der Waals surface area contributed by atoms with Gasteiger partial charge in [-0.1, -0.05) is 12.1 Å². The molecule has 5 aromatic rings. The Labute approximate surface area is 201 Å². The number of aryl methyl sites for hydroxylation is 3.